The number of aliphatic hydroxyl groups excluding tert-OH is 1. The van der Waals surface area contributed by atoms with Crippen LogP contribution in [0.5, 0.6) is 0 Å². The van der Waals surface area contributed by atoms with Gasteiger partial charge in [-0.3, -0.25) is 0 Å². The molecule has 0 heterocycles. The Hall–Kier alpha value is -0.350. The zero-order valence-corrected chi connectivity index (χ0v) is 6.47. The van der Waals surface area contributed by atoms with Crippen LogP contribution in [0.1, 0.15) is 5.56 Å². The second kappa shape index (κ2) is 6.16. The summed E-state index contributed by atoms with van der Waals surface area (Å²) in [4.78, 5) is 10.3. The molecule has 1 aromatic carbocycles. The van der Waals surface area contributed by atoms with E-state index < -0.39 is 12.1 Å². The molecule has 1 atom stereocenters. The zero-order chi connectivity index (χ0) is 8.97. The zero-order valence-electron chi connectivity index (χ0n) is 6.47. The molecule has 0 fully saturated rings. The van der Waals surface area contributed by atoms with Crippen LogP contribution in [-0.2, 0) is 11.2 Å². The molecule has 3 nitrogen and oxygen atoms in total. The average Bonchev–Trinajstić information content (AvgIpc) is 2.06. The normalized spacial score (nSPS) is 11.5. The van der Waals surface area contributed by atoms with Gasteiger partial charge in [0, 0.05) is 6.42 Å². The number of rotatable bonds is 3. The first kappa shape index (κ1) is 12.7. The summed E-state index contributed by atoms with van der Waals surface area (Å²) in [7, 11) is 0. The first-order valence-electron chi connectivity index (χ1n) is 3.65. The van der Waals surface area contributed by atoms with Crippen molar-refractivity contribution in [3.05, 3.63) is 35.9 Å². The Bertz CT molecular complexity index is 261. The van der Waals surface area contributed by atoms with Crippen LogP contribution in [0.4, 0.5) is 0 Å². The summed E-state index contributed by atoms with van der Waals surface area (Å²) in [5.74, 6) is -1.18. The third kappa shape index (κ3) is 4.43. The summed E-state index contributed by atoms with van der Waals surface area (Å²) in [6.45, 7) is 0. The second-order valence-electron chi connectivity index (χ2n) is 2.54. The van der Waals surface area contributed by atoms with Gasteiger partial charge >= 0.3 is 35.5 Å². The fourth-order valence-electron chi connectivity index (χ4n) is 0.925. The molecule has 0 spiro atoms. The molecule has 0 aliphatic rings. The van der Waals surface area contributed by atoms with Crippen molar-refractivity contribution in [2.24, 2.45) is 0 Å². The van der Waals surface area contributed by atoms with Crippen LogP contribution < -0.4 is 0 Å². The number of benzene rings is 1. The van der Waals surface area contributed by atoms with E-state index in [-0.39, 0.29) is 36.0 Å². The van der Waals surface area contributed by atoms with E-state index in [1.807, 2.05) is 18.2 Å². The van der Waals surface area contributed by atoms with Crippen LogP contribution in [0.3, 0.4) is 0 Å². The summed E-state index contributed by atoms with van der Waals surface area (Å²) in [6, 6.07) is 9.03. The minimum absolute atomic E-state index is 0. The van der Waals surface area contributed by atoms with Gasteiger partial charge in [0.1, 0.15) is 0 Å². The molecule has 2 N–H and O–H groups in total. The first-order valence-corrected chi connectivity index (χ1v) is 3.65. The van der Waals surface area contributed by atoms with E-state index in [0.717, 1.165) is 5.56 Å². The van der Waals surface area contributed by atoms with E-state index in [1.54, 1.807) is 12.1 Å². The second-order valence-corrected chi connectivity index (χ2v) is 2.54. The molecule has 1 rings (SSSR count). The van der Waals surface area contributed by atoms with E-state index in [0.29, 0.717) is 0 Å². The molecule has 0 aromatic heterocycles. The van der Waals surface area contributed by atoms with Gasteiger partial charge in [0.05, 0.1) is 0 Å². The third-order valence-corrected chi connectivity index (χ3v) is 1.56. The standard InChI is InChI=1S/C9H10O3.Na.H/c10-8(9(11)12)6-7-4-2-1-3-5-7;;/h1-5,8,10H,6H2,(H,11,12);;. The van der Waals surface area contributed by atoms with Crippen molar-refractivity contribution in [2.45, 2.75) is 12.5 Å². The number of carboxylic acids is 1. The summed E-state index contributed by atoms with van der Waals surface area (Å²) in [5.41, 5.74) is 0.826. The number of hydrogen-bond acceptors (Lipinski definition) is 2. The quantitative estimate of drug-likeness (QED) is 0.661. The molecule has 0 saturated carbocycles. The SMILES string of the molecule is O=C(O)C(O)Cc1ccccc1.[NaH]. The minimum atomic E-state index is -1.30. The monoisotopic (exact) mass is 190 g/mol. The van der Waals surface area contributed by atoms with Gasteiger partial charge in [-0.15, -0.1) is 0 Å². The summed E-state index contributed by atoms with van der Waals surface area (Å²) in [6.07, 6.45) is -1.14. The predicted octanol–water partition coefficient (Wildman–Crippen LogP) is 0.0261. The van der Waals surface area contributed by atoms with E-state index in [4.69, 9.17) is 10.2 Å². The number of hydrogen-bond donors (Lipinski definition) is 2. The van der Waals surface area contributed by atoms with Gasteiger partial charge < -0.3 is 10.2 Å². The van der Waals surface area contributed by atoms with Crippen LogP contribution in [0.2, 0.25) is 0 Å². The fourth-order valence-corrected chi connectivity index (χ4v) is 0.925. The van der Waals surface area contributed by atoms with Gasteiger partial charge in [-0.05, 0) is 5.56 Å². The van der Waals surface area contributed by atoms with Gasteiger partial charge in [-0.1, -0.05) is 30.3 Å². The van der Waals surface area contributed by atoms with Crippen molar-refractivity contribution in [1.82, 2.24) is 0 Å². The van der Waals surface area contributed by atoms with Crippen LogP contribution in [0, 0.1) is 0 Å². The van der Waals surface area contributed by atoms with Crippen LogP contribution >= 0.6 is 0 Å². The van der Waals surface area contributed by atoms with E-state index in [9.17, 15) is 4.79 Å². The van der Waals surface area contributed by atoms with Crippen molar-refractivity contribution in [3.63, 3.8) is 0 Å². The maximum atomic E-state index is 10.3. The molecule has 4 heteroatoms. The topological polar surface area (TPSA) is 57.5 Å². The summed E-state index contributed by atoms with van der Waals surface area (Å²) < 4.78 is 0. The van der Waals surface area contributed by atoms with Crippen LogP contribution in [0.15, 0.2) is 30.3 Å². The van der Waals surface area contributed by atoms with Crippen molar-refractivity contribution < 1.29 is 15.0 Å². The third-order valence-electron chi connectivity index (χ3n) is 1.56. The van der Waals surface area contributed by atoms with Crippen LogP contribution in [-0.4, -0.2) is 51.8 Å². The van der Waals surface area contributed by atoms with Crippen molar-refractivity contribution >= 4 is 35.5 Å². The first-order chi connectivity index (χ1) is 5.70. The Morgan fingerprint density at radius 3 is 2.31 bits per heavy atom. The molecular weight excluding hydrogens is 179 g/mol. The van der Waals surface area contributed by atoms with Gasteiger partial charge in [0.15, 0.2) is 6.10 Å². The summed E-state index contributed by atoms with van der Waals surface area (Å²) in [5, 5.41) is 17.4. The predicted molar refractivity (Wildman–Crippen MR) is 50.9 cm³/mol. The van der Waals surface area contributed by atoms with Crippen LogP contribution in [0.25, 0.3) is 0 Å². The van der Waals surface area contributed by atoms with Gasteiger partial charge in [-0.25, -0.2) is 4.79 Å². The van der Waals surface area contributed by atoms with Crippen molar-refractivity contribution in [1.29, 1.82) is 0 Å². The maximum absolute atomic E-state index is 10.3. The number of carbonyl (C=O) groups is 1. The number of aliphatic carboxylic acids is 1. The van der Waals surface area contributed by atoms with E-state index >= 15 is 0 Å². The molecule has 66 valence electrons. The molecule has 0 radical (unpaired) electrons. The van der Waals surface area contributed by atoms with Crippen molar-refractivity contribution in [2.75, 3.05) is 0 Å². The fraction of sp³-hybridized carbons (Fsp3) is 0.222. The Labute approximate surface area is 98.7 Å². The van der Waals surface area contributed by atoms with Gasteiger partial charge in [-0.2, -0.15) is 0 Å². The molecule has 0 amide bonds. The Balaban J connectivity index is 0.00000144. The number of aliphatic hydroxyl groups is 1. The van der Waals surface area contributed by atoms with Crippen molar-refractivity contribution in [3.8, 4) is 0 Å². The molecule has 0 bridgehead atoms. The molecule has 0 saturated heterocycles. The van der Waals surface area contributed by atoms with Gasteiger partial charge in [0.25, 0.3) is 0 Å². The Kier molecular flexibility index (Phi) is 5.99. The molecule has 13 heavy (non-hydrogen) atoms. The Morgan fingerprint density at radius 2 is 1.85 bits per heavy atom. The molecule has 0 aliphatic heterocycles. The van der Waals surface area contributed by atoms with E-state index in [2.05, 4.69) is 0 Å². The molecule has 0 aliphatic carbocycles. The average molecular weight is 190 g/mol. The van der Waals surface area contributed by atoms with Gasteiger partial charge in [0.2, 0.25) is 0 Å². The number of carboxylic acid groups (broad SMARTS) is 1. The molecule has 1 unspecified atom stereocenters. The molecular formula is C9H11NaO3. The summed E-state index contributed by atoms with van der Waals surface area (Å²) >= 11 is 0. The Morgan fingerprint density at radius 1 is 1.31 bits per heavy atom. The van der Waals surface area contributed by atoms with E-state index in [1.165, 1.54) is 0 Å². The molecule has 1 aromatic rings.